The van der Waals surface area contributed by atoms with Gasteiger partial charge in [0.05, 0.1) is 4.90 Å². The summed E-state index contributed by atoms with van der Waals surface area (Å²) in [6.07, 6.45) is 0.674. The van der Waals surface area contributed by atoms with E-state index in [9.17, 15) is 12.8 Å². The maximum absolute atomic E-state index is 12.6. The van der Waals surface area contributed by atoms with Crippen molar-refractivity contribution in [3.05, 3.63) is 30.1 Å². The van der Waals surface area contributed by atoms with E-state index in [2.05, 4.69) is 4.72 Å². The summed E-state index contributed by atoms with van der Waals surface area (Å²) in [6.45, 7) is 2.03. The third-order valence-electron chi connectivity index (χ3n) is 2.06. The molecule has 0 aliphatic rings. The summed E-state index contributed by atoms with van der Waals surface area (Å²) in [6, 6.07) is 4.64. The van der Waals surface area contributed by atoms with Crippen LogP contribution in [0.1, 0.15) is 13.3 Å². The molecule has 0 aliphatic heterocycles. The second-order valence-corrected chi connectivity index (χ2v) is 5.70. The lowest BCUT2D eigenvalue weighted by atomic mass is 10.3. The highest BCUT2D eigenvalue weighted by Crippen LogP contribution is 2.10. The zero-order valence-electron chi connectivity index (χ0n) is 8.78. The Morgan fingerprint density at radius 1 is 1.38 bits per heavy atom. The first kappa shape index (κ1) is 13.4. The molecule has 0 saturated heterocycles. The Hall–Kier alpha value is -0.650. The minimum Gasteiger partial charge on any atom is -0.210 e. The lowest BCUT2D eigenvalue weighted by molar-refractivity contribution is 0.578. The molecule has 16 heavy (non-hydrogen) atoms. The highest BCUT2D eigenvalue weighted by molar-refractivity contribution is 7.89. The summed E-state index contributed by atoms with van der Waals surface area (Å²) in [5, 5.41) is -0.241. The van der Waals surface area contributed by atoms with Gasteiger partial charge in [0.1, 0.15) is 5.82 Å². The van der Waals surface area contributed by atoms with Crippen molar-refractivity contribution in [2.24, 2.45) is 0 Å². The average Bonchev–Trinajstić information content (AvgIpc) is 2.26. The Bertz CT molecular complexity index is 433. The molecule has 1 N–H and O–H groups in total. The summed E-state index contributed by atoms with van der Waals surface area (Å²) < 4.78 is 38.3. The first-order chi connectivity index (χ1) is 7.45. The maximum atomic E-state index is 12.6. The van der Waals surface area contributed by atoms with Gasteiger partial charge in [-0.2, -0.15) is 0 Å². The predicted molar refractivity (Wildman–Crippen MR) is 61.5 cm³/mol. The third kappa shape index (κ3) is 3.73. The van der Waals surface area contributed by atoms with Gasteiger partial charge in [-0.05, 0) is 30.7 Å². The normalized spacial score (nSPS) is 13.7. The molecule has 0 fully saturated rings. The first-order valence-electron chi connectivity index (χ1n) is 4.85. The fraction of sp³-hybridized carbons (Fsp3) is 0.400. The lowest BCUT2D eigenvalue weighted by Gasteiger charge is -2.09. The minimum absolute atomic E-state index is 0.0360. The molecule has 0 aromatic heterocycles. The lowest BCUT2D eigenvalue weighted by Crippen LogP contribution is -2.29. The predicted octanol–water partition coefficient (Wildman–Crippen LogP) is 2.12. The molecule has 1 unspecified atom stereocenters. The SMILES string of the molecule is CCC(Cl)CNS(=O)(=O)c1ccc(F)cc1. The van der Waals surface area contributed by atoms with Crippen molar-refractivity contribution in [1.82, 2.24) is 4.72 Å². The number of rotatable bonds is 5. The largest absolute Gasteiger partial charge is 0.240 e. The smallest absolute Gasteiger partial charge is 0.210 e. The highest BCUT2D eigenvalue weighted by atomic mass is 35.5. The molecule has 0 spiro atoms. The number of alkyl halides is 1. The van der Waals surface area contributed by atoms with Crippen molar-refractivity contribution in [3.8, 4) is 0 Å². The molecule has 0 radical (unpaired) electrons. The van der Waals surface area contributed by atoms with E-state index in [1.807, 2.05) is 6.92 Å². The Morgan fingerprint density at radius 2 is 1.94 bits per heavy atom. The van der Waals surface area contributed by atoms with Crippen LogP contribution in [-0.4, -0.2) is 20.3 Å². The van der Waals surface area contributed by atoms with Crippen molar-refractivity contribution in [3.63, 3.8) is 0 Å². The minimum atomic E-state index is -3.58. The molecule has 90 valence electrons. The number of halogens is 2. The van der Waals surface area contributed by atoms with Gasteiger partial charge in [0, 0.05) is 11.9 Å². The van der Waals surface area contributed by atoms with Gasteiger partial charge in [-0.3, -0.25) is 0 Å². The van der Waals surface area contributed by atoms with E-state index in [4.69, 9.17) is 11.6 Å². The fourth-order valence-electron chi connectivity index (χ4n) is 1.04. The fourth-order valence-corrected chi connectivity index (χ4v) is 2.29. The van der Waals surface area contributed by atoms with Gasteiger partial charge >= 0.3 is 0 Å². The molecule has 1 atom stereocenters. The Labute approximate surface area is 99.7 Å². The van der Waals surface area contributed by atoms with E-state index in [0.717, 1.165) is 12.1 Å². The summed E-state index contributed by atoms with van der Waals surface area (Å²) >= 11 is 5.80. The molecule has 0 bridgehead atoms. The van der Waals surface area contributed by atoms with Crippen LogP contribution in [0.25, 0.3) is 0 Å². The second-order valence-electron chi connectivity index (χ2n) is 3.31. The summed E-state index contributed by atoms with van der Waals surface area (Å²) in [4.78, 5) is 0.0360. The number of nitrogens with one attached hydrogen (secondary N) is 1. The molecule has 0 aliphatic carbocycles. The first-order valence-corrected chi connectivity index (χ1v) is 6.77. The number of hydrogen-bond acceptors (Lipinski definition) is 2. The van der Waals surface area contributed by atoms with Crippen LogP contribution in [0.2, 0.25) is 0 Å². The third-order valence-corrected chi connectivity index (χ3v) is 3.96. The van der Waals surface area contributed by atoms with Crippen LogP contribution in [0.5, 0.6) is 0 Å². The van der Waals surface area contributed by atoms with Crippen molar-refractivity contribution in [2.75, 3.05) is 6.54 Å². The summed E-state index contributed by atoms with van der Waals surface area (Å²) in [5.41, 5.74) is 0. The van der Waals surface area contributed by atoms with E-state index in [-0.39, 0.29) is 16.8 Å². The zero-order valence-corrected chi connectivity index (χ0v) is 10.4. The highest BCUT2D eigenvalue weighted by Gasteiger charge is 2.14. The quantitative estimate of drug-likeness (QED) is 0.829. The molecule has 0 amide bonds. The van der Waals surface area contributed by atoms with Gasteiger partial charge in [-0.25, -0.2) is 17.5 Å². The Balaban J connectivity index is 2.74. The van der Waals surface area contributed by atoms with Gasteiger partial charge in [-0.1, -0.05) is 6.92 Å². The van der Waals surface area contributed by atoms with E-state index in [1.54, 1.807) is 0 Å². The number of sulfonamides is 1. The molecular formula is C10H13ClFNO2S. The molecule has 3 nitrogen and oxygen atoms in total. The van der Waals surface area contributed by atoms with Crippen LogP contribution in [0.3, 0.4) is 0 Å². The standard InChI is InChI=1S/C10H13ClFNO2S/c1-2-8(11)7-13-16(14,15)10-5-3-9(12)4-6-10/h3-6,8,13H,2,7H2,1H3. The topological polar surface area (TPSA) is 46.2 Å². The molecule has 6 heteroatoms. The maximum Gasteiger partial charge on any atom is 0.240 e. The van der Waals surface area contributed by atoms with Gasteiger partial charge in [0.15, 0.2) is 0 Å². The molecular weight excluding hydrogens is 253 g/mol. The van der Waals surface area contributed by atoms with Crippen LogP contribution in [0.15, 0.2) is 29.2 Å². The van der Waals surface area contributed by atoms with Crippen LogP contribution in [0.4, 0.5) is 4.39 Å². The van der Waals surface area contributed by atoms with E-state index < -0.39 is 15.8 Å². The Kier molecular flexibility index (Phi) is 4.70. The van der Waals surface area contributed by atoms with Crippen molar-refractivity contribution in [2.45, 2.75) is 23.6 Å². The molecule has 0 saturated carbocycles. The van der Waals surface area contributed by atoms with Crippen LogP contribution >= 0.6 is 11.6 Å². The number of benzene rings is 1. The molecule has 1 rings (SSSR count). The van der Waals surface area contributed by atoms with Gasteiger partial charge in [0.2, 0.25) is 10.0 Å². The van der Waals surface area contributed by atoms with Crippen LogP contribution in [0, 0.1) is 5.82 Å². The summed E-state index contributed by atoms with van der Waals surface area (Å²) in [7, 11) is -3.58. The van der Waals surface area contributed by atoms with E-state index in [0.29, 0.717) is 6.42 Å². The molecule has 0 heterocycles. The monoisotopic (exact) mass is 265 g/mol. The molecule has 1 aromatic rings. The van der Waals surface area contributed by atoms with Crippen LogP contribution < -0.4 is 4.72 Å². The summed E-state index contributed by atoms with van der Waals surface area (Å²) in [5.74, 6) is -0.470. The Morgan fingerprint density at radius 3 is 2.44 bits per heavy atom. The van der Waals surface area contributed by atoms with E-state index >= 15 is 0 Å². The van der Waals surface area contributed by atoms with Gasteiger partial charge < -0.3 is 0 Å². The molecule has 1 aromatic carbocycles. The van der Waals surface area contributed by atoms with Crippen molar-refractivity contribution < 1.29 is 12.8 Å². The van der Waals surface area contributed by atoms with Gasteiger partial charge in [-0.15, -0.1) is 11.6 Å². The van der Waals surface area contributed by atoms with Crippen LogP contribution in [-0.2, 0) is 10.0 Å². The zero-order chi connectivity index (χ0) is 12.2. The van der Waals surface area contributed by atoms with Crippen molar-refractivity contribution >= 4 is 21.6 Å². The van der Waals surface area contributed by atoms with Gasteiger partial charge in [0.25, 0.3) is 0 Å². The van der Waals surface area contributed by atoms with E-state index in [1.165, 1.54) is 12.1 Å². The van der Waals surface area contributed by atoms with Crippen molar-refractivity contribution in [1.29, 1.82) is 0 Å². The number of hydrogen-bond donors (Lipinski definition) is 1. The average molecular weight is 266 g/mol. The second kappa shape index (κ2) is 5.61.